The minimum atomic E-state index is -0.135. The lowest BCUT2D eigenvalue weighted by Crippen LogP contribution is -2.30. The molecule has 4 aromatic rings. The summed E-state index contributed by atoms with van der Waals surface area (Å²) in [6.45, 7) is 6.60. The van der Waals surface area contributed by atoms with Crippen LogP contribution in [0.15, 0.2) is 53.3 Å². The minimum Gasteiger partial charge on any atom is -0.377 e. The van der Waals surface area contributed by atoms with Gasteiger partial charge in [0.1, 0.15) is 0 Å². The van der Waals surface area contributed by atoms with Crippen LogP contribution in [0.5, 0.6) is 0 Å². The molecule has 8 nitrogen and oxygen atoms in total. The van der Waals surface area contributed by atoms with Crippen molar-refractivity contribution in [2.45, 2.75) is 39.9 Å². The molecular formula is C22H24N6O2. The molecule has 0 aliphatic rings. The van der Waals surface area contributed by atoms with E-state index in [-0.39, 0.29) is 17.5 Å². The molecule has 0 saturated carbocycles. The zero-order valence-corrected chi connectivity index (χ0v) is 17.2. The van der Waals surface area contributed by atoms with Crippen LogP contribution in [0.1, 0.15) is 37.0 Å². The van der Waals surface area contributed by atoms with E-state index in [1.807, 2.05) is 67.6 Å². The monoisotopic (exact) mass is 404 g/mol. The molecule has 0 bridgehead atoms. The molecule has 0 aliphatic carbocycles. The number of benzene rings is 2. The summed E-state index contributed by atoms with van der Waals surface area (Å²) in [7, 11) is 0. The Labute approximate surface area is 173 Å². The molecular weight excluding hydrogens is 380 g/mol. The minimum absolute atomic E-state index is 0.0446. The third-order valence-electron chi connectivity index (χ3n) is 4.92. The van der Waals surface area contributed by atoms with Crippen molar-refractivity contribution in [1.82, 2.24) is 24.5 Å². The Kier molecular flexibility index (Phi) is 5.22. The van der Waals surface area contributed by atoms with Crippen LogP contribution in [-0.2, 0) is 13.1 Å². The summed E-state index contributed by atoms with van der Waals surface area (Å²) in [5.41, 5.74) is 1.95. The van der Waals surface area contributed by atoms with Gasteiger partial charge in [0, 0.05) is 18.3 Å². The number of nitrogens with zero attached hydrogens (tertiary/aromatic N) is 4. The first-order chi connectivity index (χ1) is 14.5. The van der Waals surface area contributed by atoms with Gasteiger partial charge in [-0.2, -0.15) is 0 Å². The van der Waals surface area contributed by atoms with E-state index in [4.69, 9.17) is 0 Å². The zero-order valence-electron chi connectivity index (χ0n) is 17.2. The van der Waals surface area contributed by atoms with E-state index in [0.29, 0.717) is 41.3 Å². The summed E-state index contributed by atoms with van der Waals surface area (Å²) in [5, 5.41) is 15.4. The topological polar surface area (TPSA) is 93.3 Å². The number of hydrogen-bond donors (Lipinski definition) is 2. The number of nitrogens with one attached hydrogen (secondary N) is 2. The normalized spacial score (nSPS) is 11.3. The van der Waals surface area contributed by atoms with E-state index in [9.17, 15) is 9.59 Å². The van der Waals surface area contributed by atoms with Crippen LogP contribution in [0.2, 0.25) is 0 Å². The van der Waals surface area contributed by atoms with Gasteiger partial charge in [-0.25, -0.2) is 0 Å². The highest BCUT2D eigenvalue weighted by atomic mass is 16.1. The van der Waals surface area contributed by atoms with E-state index in [1.54, 1.807) is 10.6 Å². The molecule has 2 aromatic carbocycles. The second kappa shape index (κ2) is 7.98. The summed E-state index contributed by atoms with van der Waals surface area (Å²) in [6.07, 6.45) is 0. The Morgan fingerprint density at radius 1 is 1.07 bits per heavy atom. The van der Waals surface area contributed by atoms with Crippen LogP contribution >= 0.6 is 0 Å². The first-order valence-electron chi connectivity index (χ1n) is 10.0. The second-order valence-corrected chi connectivity index (χ2v) is 7.35. The molecule has 0 unspecified atom stereocenters. The molecule has 30 heavy (non-hydrogen) atoms. The first kappa shape index (κ1) is 19.6. The summed E-state index contributed by atoms with van der Waals surface area (Å²) >= 11 is 0. The molecule has 0 fully saturated rings. The fourth-order valence-electron chi connectivity index (χ4n) is 3.56. The molecule has 0 atom stereocenters. The Bertz CT molecular complexity index is 1290. The molecule has 0 radical (unpaired) electrons. The van der Waals surface area contributed by atoms with Gasteiger partial charge in [-0.3, -0.25) is 18.6 Å². The van der Waals surface area contributed by atoms with Gasteiger partial charge < -0.3 is 10.6 Å². The highest BCUT2D eigenvalue weighted by Gasteiger charge is 2.17. The summed E-state index contributed by atoms with van der Waals surface area (Å²) in [5.74, 6) is 1.02. The average molecular weight is 404 g/mol. The maximum atomic E-state index is 12.8. The van der Waals surface area contributed by atoms with E-state index >= 15 is 0 Å². The largest absolute Gasteiger partial charge is 0.377 e. The fraction of sp³-hybridized carbons (Fsp3) is 0.273. The van der Waals surface area contributed by atoms with E-state index < -0.39 is 0 Å². The smallest absolute Gasteiger partial charge is 0.262 e. The third kappa shape index (κ3) is 3.41. The Morgan fingerprint density at radius 2 is 1.80 bits per heavy atom. The van der Waals surface area contributed by atoms with Gasteiger partial charge in [0.2, 0.25) is 5.78 Å². The van der Waals surface area contributed by atoms with Crippen LogP contribution < -0.4 is 16.2 Å². The van der Waals surface area contributed by atoms with Crippen LogP contribution in [-0.4, -0.2) is 31.1 Å². The summed E-state index contributed by atoms with van der Waals surface area (Å²) < 4.78 is 3.51. The molecule has 0 spiro atoms. The van der Waals surface area contributed by atoms with Crippen LogP contribution in [0, 0.1) is 0 Å². The van der Waals surface area contributed by atoms with E-state index in [0.717, 1.165) is 5.52 Å². The molecule has 0 aliphatic heterocycles. The highest BCUT2D eigenvalue weighted by molar-refractivity contribution is 5.99. The van der Waals surface area contributed by atoms with Gasteiger partial charge in [-0.15, -0.1) is 10.2 Å². The Morgan fingerprint density at radius 3 is 2.57 bits per heavy atom. The first-order valence-corrected chi connectivity index (χ1v) is 10.0. The number of hydrogen-bond acceptors (Lipinski definition) is 5. The lowest BCUT2D eigenvalue weighted by atomic mass is 10.1. The number of carbonyl (C=O) groups is 1. The number of para-hydroxylation sites is 2. The molecule has 2 N–H and O–H groups in total. The van der Waals surface area contributed by atoms with Crippen molar-refractivity contribution < 1.29 is 4.79 Å². The molecule has 8 heteroatoms. The van der Waals surface area contributed by atoms with Crippen LogP contribution in [0.3, 0.4) is 0 Å². The standard InChI is InChI=1S/C22H24N6O2/c1-4-27-21(30)16-10-6-8-12-18(16)28-19(25-26-22(27)28)13-23-17-11-7-5-9-15(17)20(29)24-14(2)3/h5-12,14,23H,4,13H2,1-3H3,(H,24,29). The second-order valence-electron chi connectivity index (χ2n) is 7.35. The van der Waals surface area contributed by atoms with Crippen molar-refractivity contribution in [3.63, 3.8) is 0 Å². The number of anilines is 1. The van der Waals surface area contributed by atoms with Crippen LogP contribution in [0.4, 0.5) is 5.69 Å². The fourth-order valence-corrected chi connectivity index (χ4v) is 3.56. The number of amides is 1. The van der Waals surface area contributed by atoms with Crippen molar-refractivity contribution >= 4 is 28.3 Å². The van der Waals surface area contributed by atoms with Crippen LogP contribution in [0.25, 0.3) is 16.7 Å². The maximum absolute atomic E-state index is 12.8. The molecule has 1 amide bonds. The number of rotatable bonds is 6. The van der Waals surface area contributed by atoms with Crippen molar-refractivity contribution in [3.8, 4) is 0 Å². The van der Waals surface area contributed by atoms with Crippen molar-refractivity contribution in [2.24, 2.45) is 0 Å². The van der Waals surface area contributed by atoms with Gasteiger partial charge in [0.05, 0.1) is 23.0 Å². The molecule has 2 heterocycles. The average Bonchev–Trinajstić information content (AvgIpc) is 3.16. The summed E-state index contributed by atoms with van der Waals surface area (Å²) in [6, 6.07) is 14.8. The van der Waals surface area contributed by atoms with Gasteiger partial charge in [-0.05, 0) is 45.0 Å². The number of carbonyl (C=O) groups excluding carboxylic acids is 1. The predicted molar refractivity (Wildman–Crippen MR) is 117 cm³/mol. The lowest BCUT2D eigenvalue weighted by Gasteiger charge is -2.14. The van der Waals surface area contributed by atoms with E-state index in [1.165, 1.54) is 0 Å². The third-order valence-corrected chi connectivity index (χ3v) is 4.92. The zero-order chi connectivity index (χ0) is 21.3. The molecule has 154 valence electrons. The quantitative estimate of drug-likeness (QED) is 0.515. The highest BCUT2D eigenvalue weighted by Crippen LogP contribution is 2.18. The SMILES string of the molecule is CCn1c(=O)c2ccccc2n2c(CNc3ccccc3C(=O)NC(C)C)nnc12. The number of fused-ring (bicyclic) bond motifs is 3. The molecule has 2 aromatic heterocycles. The Balaban J connectivity index is 1.74. The van der Waals surface area contributed by atoms with Gasteiger partial charge in [0.25, 0.3) is 11.5 Å². The van der Waals surface area contributed by atoms with Gasteiger partial charge >= 0.3 is 0 Å². The van der Waals surface area contributed by atoms with E-state index in [2.05, 4.69) is 20.8 Å². The molecule has 0 saturated heterocycles. The van der Waals surface area contributed by atoms with Crippen molar-refractivity contribution in [3.05, 3.63) is 70.3 Å². The number of aromatic nitrogens is 4. The maximum Gasteiger partial charge on any atom is 0.262 e. The van der Waals surface area contributed by atoms with Gasteiger partial charge in [0.15, 0.2) is 5.82 Å². The van der Waals surface area contributed by atoms with Crippen molar-refractivity contribution in [2.75, 3.05) is 5.32 Å². The van der Waals surface area contributed by atoms with Crippen molar-refractivity contribution in [1.29, 1.82) is 0 Å². The van der Waals surface area contributed by atoms with Gasteiger partial charge in [-0.1, -0.05) is 24.3 Å². The number of aryl methyl sites for hydroxylation is 1. The molecule has 4 rings (SSSR count). The summed E-state index contributed by atoms with van der Waals surface area (Å²) in [4.78, 5) is 25.3. The lowest BCUT2D eigenvalue weighted by molar-refractivity contribution is 0.0944. The predicted octanol–water partition coefficient (Wildman–Crippen LogP) is 2.81. The Hall–Kier alpha value is -3.68.